The van der Waals surface area contributed by atoms with Crippen molar-refractivity contribution in [2.45, 2.75) is 62.4 Å². The normalized spacial score (nSPS) is 32.1. The lowest BCUT2D eigenvalue weighted by atomic mass is 9.73. The second-order valence-electron chi connectivity index (χ2n) is 9.59. The molecule has 0 amide bonds. The van der Waals surface area contributed by atoms with Gasteiger partial charge in [0.25, 0.3) is 0 Å². The van der Waals surface area contributed by atoms with Crippen LogP contribution in [0.15, 0.2) is 24.3 Å². The number of phenolic OH excluding ortho intramolecular Hbond substituents is 2. The van der Waals surface area contributed by atoms with Gasteiger partial charge in [0.05, 0.1) is 41.6 Å². The van der Waals surface area contributed by atoms with Crippen LogP contribution in [0.3, 0.4) is 0 Å². The molecule has 0 spiro atoms. The van der Waals surface area contributed by atoms with Gasteiger partial charge in [0, 0.05) is 47.6 Å². The Morgan fingerprint density at radius 3 is 2.29 bits per heavy atom. The van der Waals surface area contributed by atoms with Crippen LogP contribution in [0.25, 0.3) is 0 Å². The summed E-state index contributed by atoms with van der Waals surface area (Å²) in [6.45, 7) is 0.944. The first-order valence-electron chi connectivity index (χ1n) is 11.4. The van der Waals surface area contributed by atoms with E-state index in [1.54, 1.807) is 19.1 Å². The molecule has 1 fully saturated rings. The molecule has 1 unspecified atom stereocenters. The molecule has 2 aromatic rings. The first kappa shape index (κ1) is 23.9. The highest BCUT2D eigenvalue weighted by Crippen LogP contribution is 2.51. The number of hydrogen-bond donors (Lipinski definition) is 6. The van der Waals surface area contributed by atoms with Gasteiger partial charge in [-0.3, -0.25) is 9.59 Å². The van der Waals surface area contributed by atoms with Gasteiger partial charge in [-0.25, -0.2) is 0 Å². The van der Waals surface area contributed by atoms with Crippen molar-refractivity contribution in [3.63, 3.8) is 0 Å². The summed E-state index contributed by atoms with van der Waals surface area (Å²) in [7, 11) is 0. The van der Waals surface area contributed by atoms with Gasteiger partial charge in [0.1, 0.15) is 11.5 Å². The predicted octanol–water partition coefficient (Wildman–Crippen LogP) is 0.424. The van der Waals surface area contributed by atoms with Crippen molar-refractivity contribution in [3.8, 4) is 11.5 Å². The number of carbonyl (C=O) groups excluding carboxylic acids is 2. The third kappa shape index (κ3) is 3.65. The highest BCUT2D eigenvalue weighted by molar-refractivity contribution is 6.30. The van der Waals surface area contributed by atoms with E-state index in [1.807, 2.05) is 0 Å². The summed E-state index contributed by atoms with van der Waals surface area (Å²) < 4.78 is 11.7. The molecule has 3 aliphatic rings. The highest BCUT2D eigenvalue weighted by atomic mass is 16.7. The summed E-state index contributed by atoms with van der Waals surface area (Å²) in [4.78, 5) is 26.5. The smallest absolute Gasteiger partial charge is 0.198 e. The summed E-state index contributed by atoms with van der Waals surface area (Å²) in [5.41, 5.74) is 3.81. The molecule has 0 saturated carbocycles. The van der Waals surface area contributed by atoms with Crippen LogP contribution in [0, 0.1) is 0 Å². The summed E-state index contributed by atoms with van der Waals surface area (Å²) in [5, 5.41) is 53.4. The fraction of sp³-hybridized carbons (Fsp3) is 0.440. The van der Waals surface area contributed by atoms with Gasteiger partial charge in [0.15, 0.2) is 17.9 Å². The lowest BCUT2D eigenvalue weighted by Crippen LogP contribution is -2.52. The van der Waals surface area contributed by atoms with E-state index < -0.39 is 65.9 Å². The molecule has 2 aromatic carbocycles. The van der Waals surface area contributed by atoms with Crippen LogP contribution in [-0.2, 0) is 15.9 Å². The SMILES string of the molecule is C[C@@H]1OC(O[C@H]2C[C@](O)(CO)Cc3c(O)c4c(c(O)c32)C(=O)c2ccccc2C4=O)C[C@H](N)[C@H]1O. The molecule has 10 heteroatoms. The molecule has 10 nitrogen and oxygen atoms in total. The van der Waals surface area contributed by atoms with Gasteiger partial charge in [-0.15, -0.1) is 0 Å². The van der Waals surface area contributed by atoms with Crippen LogP contribution in [-0.4, -0.2) is 73.8 Å². The number of benzene rings is 2. The zero-order valence-electron chi connectivity index (χ0n) is 19.0. The number of ether oxygens (including phenoxy) is 2. The lowest BCUT2D eigenvalue weighted by molar-refractivity contribution is -0.248. The highest BCUT2D eigenvalue weighted by Gasteiger charge is 2.47. The Balaban J connectivity index is 1.64. The van der Waals surface area contributed by atoms with Crippen LogP contribution < -0.4 is 5.73 Å². The Morgan fingerprint density at radius 1 is 1.11 bits per heavy atom. The van der Waals surface area contributed by atoms with E-state index in [9.17, 15) is 35.1 Å². The van der Waals surface area contributed by atoms with Crippen LogP contribution in [0.1, 0.15) is 68.8 Å². The quantitative estimate of drug-likeness (QED) is 0.285. The minimum Gasteiger partial charge on any atom is -0.507 e. The fourth-order valence-electron chi connectivity index (χ4n) is 5.35. The van der Waals surface area contributed by atoms with Crippen LogP contribution in [0.4, 0.5) is 0 Å². The summed E-state index contributed by atoms with van der Waals surface area (Å²) >= 11 is 0. The van der Waals surface area contributed by atoms with Crippen molar-refractivity contribution in [3.05, 3.63) is 57.6 Å². The van der Waals surface area contributed by atoms with Gasteiger partial charge in [-0.05, 0) is 6.92 Å². The van der Waals surface area contributed by atoms with Crippen LogP contribution in [0.2, 0.25) is 0 Å². The fourth-order valence-corrected chi connectivity index (χ4v) is 5.35. The molecule has 1 saturated heterocycles. The number of ketones is 2. The number of rotatable bonds is 3. The first-order valence-corrected chi connectivity index (χ1v) is 11.4. The number of nitrogens with two attached hydrogens (primary N) is 1. The van der Waals surface area contributed by atoms with Crippen molar-refractivity contribution in [2.75, 3.05) is 6.61 Å². The Bertz CT molecular complexity index is 1220. The maximum Gasteiger partial charge on any atom is 0.198 e. The number of fused-ring (bicyclic) bond motifs is 3. The zero-order chi connectivity index (χ0) is 25.2. The number of carbonyl (C=O) groups is 2. The Labute approximate surface area is 200 Å². The standard InChI is InChI=1S/C25H27NO9/c1-10-20(28)14(26)6-16(34-10)35-15-8-25(33,9-27)7-13-17(15)24(32)19-18(23(13)31)21(29)11-4-2-3-5-12(11)22(19)30/h2-5,10,14-16,20,27-28,31-33H,6-9,26H2,1H3/t10-,14-,15-,16?,20-,25-/m0/s1. The largest absolute Gasteiger partial charge is 0.507 e. The molecular weight excluding hydrogens is 458 g/mol. The molecule has 35 heavy (non-hydrogen) atoms. The van der Waals surface area contributed by atoms with E-state index in [2.05, 4.69) is 0 Å². The molecule has 186 valence electrons. The maximum absolute atomic E-state index is 13.3. The van der Waals surface area contributed by atoms with Crippen molar-refractivity contribution < 1.29 is 44.6 Å². The third-order valence-electron chi connectivity index (χ3n) is 7.21. The van der Waals surface area contributed by atoms with Crippen molar-refractivity contribution >= 4 is 11.6 Å². The minimum absolute atomic E-state index is 0.00257. The molecular formula is C25H27NO9. The summed E-state index contributed by atoms with van der Waals surface area (Å²) in [6.07, 6.45) is -3.97. The van der Waals surface area contributed by atoms with E-state index in [1.165, 1.54) is 12.1 Å². The third-order valence-corrected chi connectivity index (χ3v) is 7.21. The number of aliphatic hydroxyl groups is 3. The number of hydrogen-bond acceptors (Lipinski definition) is 10. The monoisotopic (exact) mass is 485 g/mol. The van der Waals surface area contributed by atoms with Gasteiger partial charge in [-0.1, -0.05) is 24.3 Å². The van der Waals surface area contributed by atoms with Gasteiger partial charge in [0.2, 0.25) is 0 Å². The molecule has 1 heterocycles. The Kier molecular flexibility index (Phi) is 5.71. The molecule has 2 aliphatic carbocycles. The second kappa shape index (κ2) is 8.37. The number of phenols is 2. The first-order chi connectivity index (χ1) is 16.6. The van der Waals surface area contributed by atoms with E-state index in [-0.39, 0.29) is 52.6 Å². The van der Waals surface area contributed by atoms with Gasteiger partial charge >= 0.3 is 0 Å². The summed E-state index contributed by atoms with van der Waals surface area (Å²) in [5.74, 6) is -2.34. The molecule has 0 aromatic heterocycles. The topological polar surface area (TPSA) is 180 Å². The maximum atomic E-state index is 13.3. The summed E-state index contributed by atoms with van der Waals surface area (Å²) in [6, 6.07) is 5.47. The van der Waals surface area contributed by atoms with E-state index >= 15 is 0 Å². The molecule has 0 radical (unpaired) electrons. The lowest BCUT2D eigenvalue weighted by Gasteiger charge is -2.42. The molecule has 0 bridgehead atoms. The zero-order valence-corrected chi connectivity index (χ0v) is 19.0. The van der Waals surface area contributed by atoms with Crippen molar-refractivity contribution in [1.29, 1.82) is 0 Å². The average Bonchev–Trinajstić information content (AvgIpc) is 2.83. The van der Waals surface area contributed by atoms with E-state index in [0.717, 1.165) is 0 Å². The minimum atomic E-state index is -1.74. The van der Waals surface area contributed by atoms with Gasteiger partial charge < -0.3 is 40.7 Å². The Morgan fingerprint density at radius 2 is 1.71 bits per heavy atom. The molecule has 6 atom stereocenters. The number of aliphatic hydroxyl groups excluding tert-OH is 2. The van der Waals surface area contributed by atoms with Crippen LogP contribution in [0.5, 0.6) is 11.5 Å². The van der Waals surface area contributed by atoms with Crippen molar-refractivity contribution in [2.24, 2.45) is 5.73 Å². The van der Waals surface area contributed by atoms with Gasteiger partial charge in [-0.2, -0.15) is 0 Å². The average molecular weight is 485 g/mol. The number of aromatic hydroxyl groups is 2. The van der Waals surface area contributed by atoms with Crippen LogP contribution >= 0.6 is 0 Å². The molecule has 1 aliphatic heterocycles. The van der Waals surface area contributed by atoms with E-state index in [4.69, 9.17) is 15.2 Å². The second-order valence-corrected chi connectivity index (χ2v) is 9.59. The molecule has 7 N–H and O–H groups in total. The Hall–Kier alpha value is -2.86. The molecule has 5 rings (SSSR count). The predicted molar refractivity (Wildman–Crippen MR) is 120 cm³/mol. The van der Waals surface area contributed by atoms with E-state index in [0.29, 0.717) is 0 Å². The van der Waals surface area contributed by atoms with Crippen molar-refractivity contribution in [1.82, 2.24) is 0 Å².